The van der Waals surface area contributed by atoms with E-state index < -0.39 is 12.0 Å². The van der Waals surface area contributed by atoms with E-state index >= 15 is 0 Å². The van der Waals surface area contributed by atoms with Crippen molar-refractivity contribution in [2.75, 3.05) is 25.1 Å². The number of anilines is 1. The molecule has 23 heavy (non-hydrogen) atoms. The lowest BCUT2D eigenvalue weighted by molar-refractivity contribution is -0.144. The third kappa shape index (κ3) is 2.97. The monoisotopic (exact) mass is 329 g/mol. The molecule has 126 valence electrons. The minimum atomic E-state index is -4.59. The summed E-state index contributed by atoms with van der Waals surface area (Å²) in [5.41, 5.74) is 0.598. The maximum Gasteiger partial charge on any atom is 0.453 e. The van der Waals surface area contributed by atoms with Crippen molar-refractivity contribution in [3.05, 3.63) is 17.6 Å². The summed E-state index contributed by atoms with van der Waals surface area (Å²) < 4.78 is 45.2. The largest absolute Gasteiger partial charge is 0.453 e. The number of alkyl halides is 3. The maximum absolute atomic E-state index is 12.9. The lowest BCUT2D eigenvalue weighted by atomic mass is 9.96. The molecule has 0 aliphatic carbocycles. The number of hydrogen-bond donors (Lipinski definition) is 0. The summed E-state index contributed by atoms with van der Waals surface area (Å²) in [6, 6.07) is 1.73. The van der Waals surface area contributed by atoms with Crippen LogP contribution in [0.15, 0.2) is 6.07 Å². The molecular formula is C14H18F3N5O. The topological polar surface area (TPSA) is 55.5 Å². The van der Waals surface area contributed by atoms with Crippen LogP contribution in [0, 0.1) is 12.8 Å². The van der Waals surface area contributed by atoms with Crippen molar-refractivity contribution in [3.8, 4) is 0 Å². The van der Waals surface area contributed by atoms with Crippen LogP contribution in [-0.4, -0.2) is 45.9 Å². The molecule has 0 spiro atoms. The Morgan fingerprint density at radius 2 is 2.04 bits per heavy atom. The predicted molar refractivity (Wildman–Crippen MR) is 77.3 cm³/mol. The Hall–Kier alpha value is -1.90. The second-order valence-corrected chi connectivity index (χ2v) is 5.89. The van der Waals surface area contributed by atoms with Crippen LogP contribution in [0.1, 0.15) is 24.9 Å². The molecule has 9 heteroatoms. The predicted octanol–water partition coefficient (Wildman–Crippen LogP) is 2.31. The quantitative estimate of drug-likeness (QED) is 0.846. The molecule has 1 aliphatic rings. The van der Waals surface area contributed by atoms with Crippen molar-refractivity contribution >= 4 is 11.6 Å². The Balaban J connectivity index is 2.04. The van der Waals surface area contributed by atoms with Gasteiger partial charge in [0.15, 0.2) is 0 Å². The number of nitrogens with zero attached hydrogens (tertiary/aromatic N) is 5. The number of fused-ring (bicyclic) bond motifs is 1. The third-order valence-corrected chi connectivity index (χ3v) is 4.19. The van der Waals surface area contributed by atoms with Gasteiger partial charge in [0.05, 0.1) is 6.10 Å². The van der Waals surface area contributed by atoms with E-state index in [1.165, 1.54) is 4.52 Å². The van der Waals surface area contributed by atoms with Gasteiger partial charge in [0, 0.05) is 32.0 Å². The van der Waals surface area contributed by atoms with Crippen LogP contribution in [0.2, 0.25) is 0 Å². The number of hydrogen-bond acceptors (Lipinski definition) is 5. The summed E-state index contributed by atoms with van der Waals surface area (Å²) in [5.74, 6) is -0.258. The van der Waals surface area contributed by atoms with Gasteiger partial charge in [-0.05, 0) is 19.3 Å². The van der Waals surface area contributed by atoms with Gasteiger partial charge in [-0.15, -0.1) is 5.10 Å². The van der Waals surface area contributed by atoms with Crippen LogP contribution in [0.3, 0.4) is 0 Å². The molecule has 2 aromatic heterocycles. The first-order chi connectivity index (χ1) is 10.8. The maximum atomic E-state index is 12.9. The van der Waals surface area contributed by atoms with Crippen LogP contribution in [0.25, 0.3) is 5.78 Å². The van der Waals surface area contributed by atoms with Crippen LogP contribution < -0.4 is 4.90 Å². The standard InChI is InChI=1S/C14H18F3N5O/c1-8-4-5-21(7-10(8)23-3)11-6-9(2)18-13-19-12(14(15,16)17)20-22(11)13/h6,8,10H,4-5,7H2,1-3H3. The molecule has 0 N–H and O–H groups in total. The second kappa shape index (κ2) is 5.63. The van der Waals surface area contributed by atoms with E-state index in [4.69, 9.17) is 4.74 Å². The number of halogens is 3. The highest BCUT2D eigenvalue weighted by Crippen LogP contribution is 2.29. The van der Waals surface area contributed by atoms with Gasteiger partial charge in [-0.2, -0.15) is 22.7 Å². The SMILES string of the molecule is COC1CN(c2cc(C)nc3nc(C(F)(F)F)nn23)CCC1C. The first-order valence-corrected chi connectivity index (χ1v) is 7.39. The fraction of sp³-hybridized carbons (Fsp3) is 0.643. The Morgan fingerprint density at radius 3 is 2.70 bits per heavy atom. The number of aryl methyl sites for hydroxylation is 1. The van der Waals surface area contributed by atoms with Crippen molar-refractivity contribution in [1.29, 1.82) is 0 Å². The molecule has 1 fully saturated rings. The minimum Gasteiger partial charge on any atom is -0.379 e. The summed E-state index contributed by atoms with van der Waals surface area (Å²) >= 11 is 0. The number of ether oxygens (including phenoxy) is 1. The smallest absolute Gasteiger partial charge is 0.379 e. The summed E-state index contributed by atoms with van der Waals surface area (Å²) in [4.78, 5) is 9.54. The molecule has 6 nitrogen and oxygen atoms in total. The Morgan fingerprint density at radius 1 is 1.30 bits per heavy atom. The normalized spacial score (nSPS) is 22.8. The molecular weight excluding hydrogens is 311 g/mol. The van der Waals surface area contributed by atoms with Crippen LogP contribution in [0.5, 0.6) is 0 Å². The van der Waals surface area contributed by atoms with Gasteiger partial charge in [0.2, 0.25) is 0 Å². The number of rotatable bonds is 2. The molecule has 2 aromatic rings. The molecule has 2 atom stereocenters. The van der Waals surface area contributed by atoms with Crippen LogP contribution in [0.4, 0.5) is 19.0 Å². The van der Waals surface area contributed by atoms with Crippen molar-refractivity contribution in [3.63, 3.8) is 0 Å². The number of aromatic nitrogens is 4. The number of methoxy groups -OCH3 is 1. The Labute approximate surface area is 131 Å². The van der Waals surface area contributed by atoms with Crippen LogP contribution in [-0.2, 0) is 10.9 Å². The molecule has 0 amide bonds. The highest BCUT2D eigenvalue weighted by Gasteiger charge is 2.37. The fourth-order valence-electron chi connectivity index (χ4n) is 2.86. The van der Waals surface area contributed by atoms with Gasteiger partial charge in [-0.3, -0.25) is 0 Å². The van der Waals surface area contributed by atoms with E-state index in [1.807, 2.05) is 4.90 Å². The molecule has 2 unspecified atom stereocenters. The lowest BCUT2D eigenvalue weighted by Crippen LogP contribution is -2.44. The molecule has 0 bridgehead atoms. The summed E-state index contributed by atoms with van der Waals surface area (Å²) in [5, 5.41) is 3.61. The first kappa shape index (κ1) is 16.0. The van der Waals surface area contributed by atoms with Gasteiger partial charge in [0.25, 0.3) is 11.6 Å². The molecule has 3 heterocycles. The lowest BCUT2D eigenvalue weighted by Gasteiger charge is -2.37. The summed E-state index contributed by atoms with van der Waals surface area (Å²) in [7, 11) is 1.65. The average Bonchev–Trinajstić information content (AvgIpc) is 2.91. The van der Waals surface area contributed by atoms with E-state index in [0.717, 1.165) is 13.0 Å². The summed E-state index contributed by atoms with van der Waals surface area (Å²) in [6.45, 7) is 5.15. The molecule has 1 saturated heterocycles. The average molecular weight is 329 g/mol. The van der Waals surface area contributed by atoms with Crippen molar-refractivity contribution in [1.82, 2.24) is 19.6 Å². The molecule has 3 rings (SSSR count). The number of piperidine rings is 1. The van der Waals surface area contributed by atoms with E-state index in [-0.39, 0.29) is 11.9 Å². The molecule has 0 saturated carbocycles. The van der Waals surface area contributed by atoms with Crippen molar-refractivity contribution < 1.29 is 17.9 Å². The molecule has 1 aliphatic heterocycles. The highest BCUT2D eigenvalue weighted by molar-refractivity contribution is 5.48. The Kier molecular flexibility index (Phi) is 3.91. The van der Waals surface area contributed by atoms with Gasteiger partial charge in [-0.25, -0.2) is 4.98 Å². The van der Waals surface area contributed by atoms with Gasteiger partial charge in [0.1, 0.15) is 5.82 Å². The highest BCUT2D eigenvalue weighted by atomic mass is 19.4. The zero-order valence-corrected chi connectivity index (χ0v) is 13.1. The van der Waals surface area contributed by atoms with Crippen molar-refractivity contribution in [2.45, 2.75) is 32.5 Å². The third-order valence-electron chi connectivity index (χ3n) is 4.19. The first-order valence-electron chi connectivity index (χ1n) is 7.39. The molecule has 0 aromatic carbocycles. The van der Waals surface area contributed by atoms with E-state index in [1.54, 1.807) is 20.1 Å². The zero-order chi connectivity index (χ0) is 16.8. The second-order valence-electron chi connectivity index (χ2n) is 5.89. The van der Waals surface area contributed by atoms with Gasteiger partial charge < -0.3 is 9.64 Å². The van der Waals surface area contributed by atoms with E-state index in [2.05, 4.69) is 22.0 Å². The summed E-state index contributed by atoms with van der Waals surface area (Å²) in [6.07, 6.45) is -3.68. The van der Waals surface area contributed by atoms with E-state index in [0.29, 0.717) is 24.0 Å². The van der Waals surface area contributed by atoms with E-state index in [9.17, 15) is 13.2 Å². The molecule has 0 radical (unpaired) electrons. The van der Waals surface area contributed by atoms with Crippen molar-refractivity contribution in [2.24, 2.45) is 5.92 Å². The fourth-order valence-corrected chi connectivity index (χ4v) is 2.86. The zero-order valence-electron chi connectivity index (χ0n) is 13.1. The van der Waals surface area contributed by atoms with Crippen LogP contribution >= 0.6 is 0 Å². The van der Waals surface area contributed by atoms with Gasteiger partial charge in [-0.1, -0.05) is 6.92 Å². The Bertz CT molecular complexity index is 714. The minimum absolute atomic E-state index is 0.0258. The van der Waals surface area contributed by atoms with Gasteiger partial charge >= 0.3 is 6.18 Å².